The van der Waals surface area contributed by atoms with Crippen LogP contribution in [0.5, 0.6) is 5.75 Å². The number of carbonyl (C=O) groups excluding carboxylic acids is 1. The van der Waals surface area contributed by atoms with E-state index in [1.54, 1.807) is 24.3 Å². The number of nitrogens with one attached hydrogen (secondary N) is 2. The second-order valence-corrected chi connectivity index (χ2v) is 5.69. The highest BCUT2D eigenvalue weighted by molar-refractivity contribution is 6.33. The summed E-state index contributed by atoms with van der Waals surface area (Å²) in [6, 6.07) is 15.9. The molecule has 0 bridgehead atoms. The number of para-hydroxylation sites is 1. The highest BCUT2D eigenvalue weighted by Crippen LogP contribution is 2.21. The Hall–Kier alpha value is -3.12. The number of anilines is 3. The number of rotatable bonds is 6. The Bertz CT molecular complexity index is 900. The van der Waals surface area contributed by atoms with Crippen molar-refractivity contribution in [3.63, 3.8) is 0 Å². The smallest absolute Gasteiger partial charge is 0.274 e. The van der Waals surface area contributed by atoms with Gasteiger partial charge in [0, 0.05) is 11.9 Å². The summed E-state index contributed by atoms with van der Waals surface area (Å²) in [4.78, 5) is 20.8. The molecular weight excluding hydrogens is 352 g/mol. The molecule has 0 unspecified atom stereocenters. The summed E-state index contributed by atoms with van der Waals surface area (Å²) in [5, 5.41) is 6.25. The van der Waals surface area contributed by atoms with Gasteiger partial charge in [0.05, 0.1) is 17.3 Å². The molecule has 0 saturated heterocycles. The zero-order chi connectivity index (χ0) is 18.4. The van der Waals surface area contributed by atoms with Crippen molar-refractivity contribution < 1.29 is 9.53 Å². The van der Waals surface area contributed by atoms with E-state index in [1.807, 2.05) is 31.2 Å². The van der Waals surface area contributed by atoms with E-state index in [0.717, 1.165) is 11.4 Å². The first-order chi connectivity index (χ1) is 12.7. The highest BCUT2D eigenvalue weighted by atomic mass is 35.5. The van der Waals surface area contributed by atoms with Crippen molar-refractivity contribution in [1.82, 2.24) is 9.97 Å². The van der Waals surface area contributed by atoms with Crippen LogP contribution in [0.25, 0.3) is 0 Å². The summed E-state index contributed by atoms with van der Waals surface area (Å²) in [5.74, 6) is 0.739. The largest absolute Gasteiger partial charge is 0.494 e. The van der Waals surface area contributed by atoms with Crippen LogP contribution in [0.1, 0.15) is 17.4 Å². The van der Waals surface area contributed by atoms with Crippen molar-refractivity contribution in [3.8, 4) is 5.75 Å². The summed E-state index contributed by atoms with van der Waals surface area (Å²) < 4.78 is 5.41. The Balaban J connectivity index is 1.71. The SMILES string of the molecule is CCOc1ccc(Nc2nccc(C(=O)Nc3ccccc3Cl)n2)cc1. The van der Waals surface area contributed by atoms with Crippen molar-refractivity contribution >= 4 is 34.8 Å². The van der Waals surface area contributed by atoms with Crippen LogP contribution in [0.4, 0.5) is 17.3 Å². The molecule has 26 heavy (non-hydrogen) atoms. The molecular formula is C19H17ClN4O2. The van der Waals surface area contributed by atoms with Crippen LogP contribution in [0.2, 0.25) is 5.02 Å². The second kappa shape index (κ2) is 8.31. The molecule has 0 atom stereocenters. The predicted molar refractivity (Wildman–Crippen MR) is 102 cm³/mol. The molecule has 0 aliphatic carbocycles. The van der Waals surface area contributed by atoms with Crippen LogP contribution < -0.4 is 15.4 Å². The molecule has 0 radical (unpaired) electrons. The zero-order valence-corrected chi connectivity index (χ0v) is 14.8. The Kier molecular flexibility index (Phi) is 5.66. The van der Waals surface area contributed by atoms with Crippen LogP contribution in [-0.4, -0.2) is 22.5 Å². The third-order valence-electron chi connectivity index (χ3n) is 3.43. The van der Waals surface area contributed by atoms with Gasteiger partial charge in [0.25, 0.3) is 5.91 Å². The standard InChI is InChI=1S/C19H17ClN4O2/c1-2-26-14-9-7-13(8-10-14)22-19-21-12-11-17(24-19)18(25)23-16-6-4-3-5-15(16)20/h3-12H,2H2,1H3,(H,23,25)(H,21,22,24). The van der Waals surface area contributed by atoms with Gasteiger partial charge < -0.3 is 15.4 Å². The topological polar surface area (TPSA) is 76.1 Å². The minimum Gasteiger partial charge on any atom is -0.494 e. The van der Waals surface area contributed by atoms with Gasteiger partial charge >= 0.3 is 0 Å². The molecule has 0 aliphatic heterocycles. The lowest BCUT2D eigenvalue weighted by Gasteiger charge is -2.09. The third-order valence-corrected chi connectivity index (χ3v) is 3.76. The number of carbonyl (C=O) groups is 1. The Morgan fingerprint density at radius 3 is 2.62 bits per heavy atom. The van der Waals surface area contributed by atoms with Crippen LogP contribution in [0.15, 0.2) is 60.8 Å². The fraction of sp³-hybridized carbons (Fsp3) is 0.105. The second-order valence-electron chi connectivity index (χ2n) is 5.28. The zero-order valence-electron chi connectivity index (χ0n) is 14.1. The molecule has 1 amide bonds. The molecule has 0 fully saturated rings. The van der Waals surface area contributed by atoms with E-state index >= 15 is 0 Å². The molecule has 132 valence electrons. The maximum atomic E-state index is 12.4. The van der Waals surface area contributed by atoms with Crippen LogP contribution in [0.3, 0.4) is 0 Å². The maximum absolute atomic E-state index is 12.4. The summed E-state index contributed by atoms with van der Waals surface area (Å²) >= 11 is 6.06. The van der Waals surface area contributed by atoms with Gasteiger partial charge in [-0.25, -0.2) is 9.97 Å². The quantitative estimate of drug-likeness (QED) is 0.668. The van der Waals surface area contributed by atoms with Gasteiger partial charge in [0.2, 0.25) is 5.95 Å². The van der Waals surface area contributed by atoms with Gasteiger partial charge in [-0.1, -0.05) is 23.7 Å². The molecule has 7 heteroatoms. The summed E-state index contributed by atoms with van der Waals surface area (Å²) in [6.45, 7) is 2.54. The molecule has 2 N–H and O–H groups in total. The van der Waals surface area contributed by atoms with Gasteiger partial charge in [-0.15, -0.1) is 0 Å². The highest BCUT2D eigenvalue weighted by Gasteiger charge is 2.11. The first kappa shape index (κ1) is 17.7. The van der Waals surface area contributed by atoms with E-state index in [0.29, 0.717) is 23.3 Å². The number of amides is 1. The third kappa shape index (κ3) is 4.49. The Morgan fingerprint density at radius 2 is 1.88 bits per heavy atom. The lowest BCUT2D eigenvalue weighted by molar-refractivity contribution is 0.102. The molecule has 6 nitrogen and oxygen atoms in total. The number of ether oxygens (including phenoxy) is 1. The van der Waals surface area contributed by atoms with Crippen LogP contribution in [-0.2, 0) is 0 Å². The van der Waals surface area contributed by atoms with E-state index in [4.69, 9.17) is 16.3 Å². The summed E-state index contributed by atoms with van der Waals surface area (Å²) in [6.07, 6.45) is 1.52. The molecule has 0 spiro atoms. The van der Waals surface area contributed by atoms with E-state index in [1.165, 1.54) is 12.3 Å². The minimum absolute atomic E-state index is 0.230. The molecule has 3 aromatic rings. The molecule has 2 aromatic carbocycles. The first-order valence-electron chi connectivity index (χ1n) is 8.04. The lowest BCUT2D eigenvalue weighted by atomic mass is 10.3. The van der Waals surface area contributed by atoms with E-state index < -0.39 is 0 Å². The fourth-order valence-corrected chi connectivity index (χ4v) is 2.41. The summed E-state index contributed by atoms with van der Waals surface area (Å²) in [7, 11) is 0. The van der Waals surface area contributed by atoms with Gasteiger partial charge in [-0.05, 0) is 49.4 Å². The van der Waals surface area contributed by atoms with Crippen molar-refractivity contribution in [2.24, 2.45) is 0 Å². The van der Waals surface area contributed by atoms with E-state index in [-0.39, 0.29) is 11.6 Å². The van der Waals surface area contributed by atoms with E-state index in [2.05, 4.69) is 20.6 Å². The number of hydrogen-bond acceptors (Lipinski definition) is 5. The molecule has 1 heterocycles. The Morgan fingerprint density at radius 1 is 1.12 bits per heavy atom. The van der Waals surface area contributed by atoms with Crippen LogP contribution >= 0.6 is 11.6 Å². The predicted octanol–water partition coefficient (Wildman–Crippen LogP) is 4.52. The monoisotopic (exact) mass is 368 g/mol. The molecule has 3 rings (SSSR count). The number of halogens is 1. The van der Waals surface area contributed by atoms with Crippen LogP contribution in [0, 0.1) is 0 Å². The van der Waals surface area contributed by atoms with Crippen molar-refractivity contribution in [1.29, 1.82) is 0 Å². The fourth-order valence-electron chi connectivity index (χ4n) is 2.22. The van der Waals surface area contributed by atoms with Gasteiger partial charge in [0.1, 0.15) is 11.4 Å². The molecule has 1 aromatic heterocycles. The van der Waals surface area contributed by atoms with Gasteiger partial charge in [0.15, 0.2) is 0 Å². The number of benzene rings is 2. The summed E-state index contributed by atoms with van der Waals surface area (Å²) in [5.41, 5.74) is 1.55. The van der Waals surface area contributed by atoms with Crippen molar-refractivity contribution in [3.05, 3.63) is 71.5 Å². The Labute approximate surface area is 156 Å². The number of hydrogen-bond donors (Lipinski definition) is 2. The molecule has 0 saturated carbocycles. The molecule has 0 aliphatic rings. The van der Waals surface area contributed by atoms with Crippen molar-refractivity contribution in [2.45, 2.75) is 6.92 Å². The average Bonchev–Trinajstić information content (AvgIpc) is 2.66. The normalized spacial score (nSPS) is 10.2. The number of aromatic nitrogens is 2. The van der Waals surface area contributed by atoms with Gasteiger partial charge in [-0.3, -0.25) is 4.79 Å². The van der Waals surface area contributed by atoms with E-state index in [9.17, 15) is 4.79 Å². The minimum atomic E-state index is -0.366. The first-order valence-corrected chi connectivity index (χ1v) is 8.42. The lowest BCUT2D eigenvalue weighted by Crippen LogP contribution is -2.15. The number of nitrogens with zero attached hydrogens (tertiary/aromatic N) is 2. The van der Waals surface area contributed by atoms with Crippen molar-refractivity contribution in [2.75, 3.05) is 17.2 Å². The average molecular weight is 369 g/mol. The maximum Gasteiger partial charge on any atom is 0.274 e. The van der Waals surface area contributed by atoms with Gasteiger partial charge in [-0.2, -0.15) is 0 Å².